The van der Waals surface area contributed by atoms with Crippen LogP contribution in [0, 0.1) is 0 Å². The van der Waals surface area contributed by atoms with Gasteiger partial charge in [0.05, 0.1) is 19.1 Å². The van der Waals surface area contributed by atoms with Gasteiger partial charge in [-0.2, -0.15) is 13.2 Å². The minimum Gasteiger partial charge on any atom is -0.497 e. The van der Waals surface area contributed by atoms with Crippen LogP contribution in [-0.4, -0.2) is 30.1 Å². The average Bonchev–Trinajstić information content (AvgIpc) is 2.61. The highest BCUT2D eigenvalue weighted by Gasteiger charge is 2.30. The van der Waals surface area contributed by atoms with Crippen LogP contribution in [0.5, 0.6) is 5.75 Å². The van der Waals surface area contributed by atoms with E-state index in [1.807, 2.05) is 0 Å². The number of hydrogen-bond donors (Lipinski definition) is 2. The SMILES string of the molecule is COc1cccc(C[C@H](NC(=O)Cc2ccc(C(F)(F)F)cc2)C(=O)O)c1. The fourth-order valence-corrected chi connectivity index (χ4v) is 2.48. The molecule has 2 N–H and O–H groups in total. The molecule has 0 aliphatic rings. The third kappa shape index (κ3) is 6.02. The summed E-state index contributed by atoms with van der Waals surface area (Å²) in [4.78, 5) is 23.5. The quantitative estimate of drug-likeness (QED) is 0.773. The molecule has 0 radical (unpaired) electrons. The molecule has 0 fully saturated rings. The molecule has 8 heteroatoms. The van der Waals surface area contributed by atoms with E-state index < -0.39 is 29.7 Å². The first-order valence-electron chi connectivity index (χ1n) is 8.00. The van der Waals surface area contributed by atoms with Crippen molar-refractivity contribution >= 4 is 11.9 Å². The van der Waals surface area contributed by atoms with Crippen LogP contribution < -0.4 is 10.1 Å². The van der Waals surface area contributed by atoms with Gasteiger partial charge in [-0.25, -0.2) is 4.79 Å². The third-order valence-corrected chi connectivity index (χ3v) is 3.85. The summed E-state index contributed by atoms with van der Waals surface area (Å²) in [6.07, 6.45) is -4.63. The van der Waals surface area contributed by atoms with Crippen molar-refractivity contribution in [1.82, 2.24) is 5.32 Å². The number of alkyl halides is 3. The highest BCUT2D eigenvalue weighted by molar-refractivity contribution is 5.85. The number of carboxylic acid groups (broad SMARTS) is 1. The normalized spacial score (nSPS) is 12.3. The predicted octanol–water partition coefficient (Wildman–Crippen LogP) is 3.07. The van der Waals surface area contributed by atoms with E-state index in [9.17, 15) is 27.9 Å². The van der Waals surface area contributed by atoms with Crippen molar-refractivity contribution in [2.24, 2.45) is 0 Å². The zero-order chi connectivity index (χ0) is 20.0. The van der Waals surface area contributed by atoms with Crippen molar-refractivity contribution in [2.75, 3.05) is 7.11 Å². The number of carboxylic acids is 1. The maximum absolute atomic E-state index is 12.6. The summed E-state index contributed by atoms with van der Waals surface area (Å²) in [5.74, 6) is -1.24. The monoisotopic (exact) mass is 381 g/mol. The standard InChI is InChI=1S/C19H18F3NO4/c1-27-15-4-2-3-13(9-15)10-16(18(25)26)23-17(24)11-12-5-7-14(8-6-12)19(20,21)22/h2-9,16H,10-11H2,1H3,(H,23,24)(H,25,26)/t16-/m0/s1. The first-order chi connectivity index (χ1) is 12.7. The van der Waals surface area contributed by atoms with Crippen LogP contribution in [0.3, 0.4) is 0 Å². The van der Waals surface area contributed by atoms with Crippen molar-refractivity contribution in [2.45, 2.75) is 25.1 Å². The van der Waals surface area contributed by atoms with E-state index in [2.05, 4.69) is 5.32 Å². The van der Waals surface area contributed by atoms with E-state index >= 15 is 0 Å². The van der Waals surface area contributed by atoms with Gasteiger partial charge < -0.3 is 15.2 Å². The Bertz CT molecular complexity index is 803. The van der Waals surface area contributed by atoms with Crippen molar-refractivity contribution < 1.29 is 32.6 Å². The number of aliphatic carboxylic acids is 1. The minimum absolute atomic E-state index is 0.0469. The fraction of sp³-hybridized carbons (Fsp3) is 0.263. The van der Waals surface area contributed by atoms with Crippen molar-refractivity contribution in [1.29, 1.82) is 0 Å². The molecule has 0 saturated heterocycles. The van der Waals surface area contributed by atoms with Gasteiger partial charge in [-0.05, 0) is 35.4 Å². The predicted molar refractivity (Wildman–Crippen MR) is 91.4 cm³/mol. The molecule has 0 saturated carbocycles. The number of halogens is 3. The van der Waals surface area contributed by atoms with Gasteiger partial charge >= 0.3 is 12.1 Å². The van der Waals surface area contributed by atoms with Gasteiger partial charge in [-0.1, -0.05) is 24.3 Å². The molecule has 0 aromatic heterocycles. The third-order valence-electron chi connectivity index (χ3n) is 3.85. The number of methoxy groups -OCH3 is 1. The van der Waals surface area contributed by atoms with Crippen LogP contribution in [0.1, 0.15) is 16.7 Å². The smallest absolute Gasteiger partial charge is 0.416 e. The number of carbonyl (C=O) groups is 2. The van der Waals surface area contributed by atoms with Crippen LogP contribution in [0.15, 0.2) is 48.5 Å². The molecular weight excluding hydrogens is 363 g/mol. The Morgan fingerprint density at radius 1 is 1.11 bits per heavy atom. The molecule has 1 atom stereocenters. The summed E-state index contributed by atoms with van der Waals surface area (Å²) in [6.45, 7) is 0. The molecule has 0 bridgehead atoms. The van der Waals surface area contributed by atoms with Crippen LogP contribution in [0.2, 0.25) is 0 Å². The fourth-order valence-electron chi connectivity index (χ4n) is 2.48. The van der Waals surface area contributed by atoms with Gasteiger partial charge in [0.1, 0.15) is 11.8 Å². The first-order valence-corrected chi connectivity index (χ1v) is 8.00. The Morgan fingerprint density at radius 3 is 2.33 bits per heavy atom. The van der Waals surface area contributed by atoms with Gasteiger partial charge in [0.15, 0.2) is 0 Å². The highest BCUT2D eigenvalue weighted by atomic mass is 19.4. The molecule has 5 nitrogen and oxygen atoms in total. The maximum Gasteiger partial charge on any atom is 0.416 e. The van der Waals surface area contributed by atoms with Gasteiger partial charge in [-0.15, -0.1) is 0 Å². The zero-order valence-corrected chi connectivity index (χ0v) is 14.4. The molecule has 0 aliphatic heterocycles. The Hall–Kier alpha value is -3.03. The Kier molecular flexibility index (Phi) is 6.44. The van der Waals surface area contributed by atoms with E-state index in [4.69, 9.17) is 4.74 Å². The number of nitrogens with one attached hydrogen (secondary N) is 1. The lowest BCUT2D eigenvalue weighted by molar-refractivity contribution is -0.141. The molecule has 0 heterocycles. The number of amides is 1. The van der Waals surface area contributed by atoms with E-state index in [0.717, 1.165) is 12.1 Å². The van der Waals surface area contributed by atoms with Crippen LogP contribution in [0.25, 0.3) is 0 Å². The van der Waals surface area contributed by atoms with Gasteiger partial charge in [0.25, 0.3) is 0 Å². The molecule has 144 valence electrons. The number of carbonyl (C=O) groups excluding carboxylic acids is 1. The molecule has 0 unspecified atom stereocenters. The molecule has 0 aliphatic carbocycles. The largest absolute Gasteiger partial charge is 0.497 e. The lowest BCUT2D eigenvalue weighted by Crippen LogP contribution is -2.43. The van der Waals surface area contributed by atoms with Crippen molar-refractivity contribution in [3.05, 3.63) is 65.2 Å². The van der Waals surface area contributed by atoms with Crippen molar-refractivity contribution in [3.63, 3.8) is 0 Å². The second kappa shape index (κ2) is 8.57. The maximum atomic E-state index is 12.6. The number of rotatable bonds is 7. The van der Waals surface area contributed by atoms with E-state index in [-0.39, 0.29) is 12.8 Å². The molecule has 27 heavy (non-hydrogen) atoms. The minimum atomic E-state index is -4.45. The molecule has 2 aromatic carbocycles. The van der Waals surface area contributed by atoms with Crippen LogP contribution >= 0.6 is 0 Å². The lowest BCUT2D eigenvalue weighted by Gasteiger charge is -2.15. The van der Waals surface area contributed by atoms with Crippen molar-refractivity contribution in [3.8, 4) is 5.75 Å². The number of benzene rings is 2. The Labute approximate surface area is 153 Å². The second-order valence-electron chi connectivity index (χ2n) is 5.89. The summed E-state index contributed by atoms with van der Waals surface area (Å²) in [5, 5.41) is 11.7. The molecular formula is C19H18F3NO4. The summed E-state index contributed by atoms with van der Waals surface area (Å²) in [6, 6.07) is 9.78. The second-order valence-corrected chi connectivity index (χ2v) is 5.89. The summed E-state index contributed by atoms with van der Waals surface area (Å²) >= 11 is 0. The molecule has 1 amide bonds. The van der Waals surface area contributed by atoms with Gasteiger partial charge in [-0.3, -0.25) is 4.79 Å². The topological polar surface area (TPSA) is 75.6 Å². The molecule has 0 spiro atoms. The highest BCUT2D eigenvalue weighted by Crippen LogP contribution is 2.29. The summed E-state index contributed by atoms with van der Waals surface area (Å²) in [5.41, 5.74) is 0.204. The van der Waals surface area contributed by atoms with E-state index in [1.54, 1.807) is 24.3 Å². The summed E-state index contributed by atoms with van der Waals surface area (Å²) in [7, 11) is 1.49. The van der Waals surface area contributed by atoms with Gasteiger partial charge in [0, 0.05) is 6.42 Å². The Morgan fingerprint density at radius 2 is 1.78 bits per heavy atom. The first kappa shape index (κ1) is 20.3. The zero-order valence-electron chi connectivity index (χ0n) is 14.4. The average molecular weight is 381 g/mol. The summed E-state index contributed by atoms with van der Waals surface area (Å²) < 4.78 is 42.7. The van der Waals surface area contributed by atoms with Crippen LogP contribution in [-0.2, 0) is 28.6 Å². The number of ether oxygens (including phenoxy) is 1. The molecule has 2 aromatic rings. The van der Waals surface area contributed by atoms with Crippen LogP contribution in [0.4, 0.5) is 13.2 Å². The van der Waals surface area contributed by atoms with Gasteiger partial charge in [0.2, 0.25) is 5.91 Å². The van der Waals surface area contributed by atoms with E-state index in [0.29, 0.717) is 16.9 Å². The molecule has 2 rings (SSSR count). The Balaban J connectivity index is 2.01. The lowest BCUT2D eigenvalue weighted by atomic mass is 10.0. The number of hydrogen-bond acceptors (Lipinski definition) is 3. The van der Waals surface area contributed by atoms with E-state index in [1.165, 1.54) is 19.2 Å².